The second kappa shape index (κ2) is 4.86. The average molecular weight is 197 g/mol. The Morgan fingerprint density at radius 1 is 1.36 bits per heavy atom. The first-order valence-electron chi connectivity index (χ1n) is 4.47. The first-order valence-corrected chi connectivity index (χ1v) is 4.47. The largest absolute Gasteiger partial charge is 0.330 e. The third-order valence-electron chi connectivity index (χ3n) is 1.99. The Kier molecular flexibility index (Phi) is 3.77. The molecular formula is C11H13F2N. The van der Waals surface area contributed by atoms with E-state index in [0.717, 1.165) is 18.1 Å². The monoisotopic (exact) mass is 197 g/mol. The van der Waals surface area contributed by atoms with Crippen molar-refractivity contribution < 1.29 is 8.78 Å². The molecule has 1 aromatic carbocycles. The van der Waals surface area contributed by atoms with E-state index in [1.165, 1.54) is 6.07 Å². The summed E-state index contributed by atoms with van der Waals surface area (Å²) in [7, 11) is 0. The van der Waals surface area contributed by atoms with Gasteiger partial charge < -0.3 is 5.73 Å². The SMILES string of the molecule is C/C(=C\CCN)c1ccc(F)c(F)c1. The van der Waals surface area contributed by atoms with E-state index >= 15 is 0 Å². The lowest BCUT2D eigenvalue weighted by atomic mass is 10.1. The Labute approximate surface area is 82.2 Å². The predicted molar refractivity (Wildman–Crippen MR) is 53.7 cm³/mol. The fourth-order valence-electron chi connectivity index (χ4n) is 1.16. The second-order valence-corrected chi connectivity index (χ2v) is 3.09. The van der Waals surface area contributed by atoms with Gasteiger partial charge in [-0.25, -0.2) is 8.78 Å². The minimum absolute atomic E-state index is 0.557. The molecule has 1 aromatic rings. The Morgan fingerprint density at radius 2 is 2.07 bits per heavy atom. The molecule has 0 amide bonds. The molecule has 0 aliphatic rings. The van der Waals surface area contributed by atoms with E-state index < -0.39 is 11.6 Å². The minimum Gasteiger partial charge on any atom is -0.330 e. The molecule has 0 radical (unpaired) electrons. The fourth-order valence-corrected chi connectivity index (χ4v) is 1.16. The summed E-state index contributed by atoms with van der Waals surface area (Å²) < 4.78 is 25.4. The van der Waals surface area contributed by atoms with Gasteiger partial charge in [-0.2, -0.15) is 0 Å². The lowest BCUT2D eigenvalue weighted by molar-refractivity contribution is 0.508. The highest BCUT2D eigenvalue weighted by atomic mass is 19.2. The van der Waals surface area contributed by atoms with Gasteiger partial charge in [0.1, 0.15) is 0 Å². The number of hydrogen-bond donors (Lipinski definition) is 1. The summed E-state index contributed by atoms with van der Waals surface area (Å²) in [5, 5.41) is 0. The molecule has 3 heteroatoms. The van der Waals surface area contributed by atoms with Gasteiger partial charge in [-0.05, 0) is 43.2 Å². The van der Waals surface area contributed by atoms with Gasteiger partial charge in [-0.15, -0.1) is 0 Å². The van der Waals surface area contributed by atoms with Crippen LogP contribution in [-0.4, -0.2) is 6.54 Å². The van der Waals surface area contributed by atoms with Crippen molar-refractivity contribution >= 4 is 5.57 Å². The summed E-state index contributed by atoms with van der Waals surface area (Å²) in [6, 6.07) is 3.88. The Morgan fingerprint density at radius 3 is 2.64 bits per heavy atom. The third-order valence-corrected chi connectivity index (χ3v) is 1.99. The molecule has 0 saturated heterocycles. The summed E-state index contributed by atoms with van der Waals surface area (Å²) in [6.07, 6.45) is 2.65. The highest BCUT2D eigenvalue weighted by molar-refractivity contribution is 5.63. The van der Waals surface area contributed by atoms with Crippen molar-refractivity contribution in [2.24, 2.45) is 5.73 Å². The van der Waals surface area contributed by atoms with E-state index in [-0.39, 0.29) is 0 Å². The van der Waals surface area contributed by atoms with Crippen LogP contribution >= 0.6 is 0 Å². The molecule has 0 unspecified atom stereocenters. The Hall–Kier alpha value is -1.22. The van der Waals surface area contributed by atoms with Crippen molar-refractivity contribution in [3.63, 3.8) is 0 Å². The normalized spacial score (nSPS) is 11.9. The summed E-state index contributed by atoms with van der Waals surface area (Å²) in [5.41, 5.74) is 6.93. The molecule has 0 fully saturated rings. The minimum atomic E-state index is -0.819. The molecule has 1 rings (SSSR count). The third kappa shape index (κ3) is 2.64. The molecule has 14 heavy (non-hydrogen) atoms. The maximum atomic E-state index is 12.8. The summed E-state index contributed by atoms with van der Waals surface area (Å²) in [4.78, 5) is 0. The van der Waals surface area contributed by atoms with Gasteiger partial charge in [0, 0.05) is 0 Å². The summed E-state index contributed by atoms with van der Waals surface area (Å²) >= 11 is 0. The van der Waals surface area contributed by atoms with Gasteiger partial charge >= 0.3 is 0 Å². The number of allylic oxidation sites excluding steroid dienone is 1. The van der Waals surface area contributed by atoms with E-state index in [0.29, 0.717) is 12.1 Å². The molecule has 2 N–H and O–H groups in total. The zero-order valence-corrected chi connectivity index (χ0v) is 8.06. The Balaban J connectivity index is 2.91. The molecule has 0 aromatic heterocycles. The number of nitrogens with two attached hydrogens (primary N) is 1. The zero-order chi connectivity index (χ0) is 10.6. The molecule has 0 saturated carbocycles. The molecule has 0 bridgehead atoms. The van der Waals surface area contributed by atoms with Crippen LogP contribution in [0.15, 0.2) is 24.3 Å². The molecule has 0 spiro atoms. The van der Waals surface area contributed by atoms with Gasteiger partial charge in [0.15, 0.2) is 11.6 Å². The van der Waals surface area contributed by atoms with E-state index in [9.17, 15) is 8.78 Å². The number of rotatable bonds is 3. The van der Waals surface area contributed by atoms with E-state index in [2.05, 4.69) is 0 Å². The molecular weight excluding hydrogens is 184 g/mol. The maximum Gasteiger partial charge on any atom is 0.159 e. The van der Waals surface area contributed by atoms with E-state index in [1.54, 1.807) is 6.07 Å². The van der Waals surface area contributed by atoms with Crippen LogP contribution in [0.4, 0.5) is 8.78 Å². The van der Waals surface area contributed by atoms with Crippen LogP contribution in [0.5, 0.6) is 0 Å². The molecule has 0 heterocycles. The smallest absolute Gasteiger partial charge is 0.159 e. The number of hydrogen-bond acceptors (Lipinski definition) is 1. The van der Waals surface area contributed by atoms with Crippen molar-refractivity contribution in [3.05, 3.63) is 41.5 Å². The Bertz CT molecular complexity index is 345. The van der Waals surface area contributed by atoms with Gasteiger partial charge in [-0.1, -0.05) is 12.1 Å². The predicted octanol–water partition coefficient (Wildman–Crippen LogP) is 2.72. The highest BCUT2D eigenvalue weighted by Gasteiger charge is 2.02. The van der Waals surface area contributed by atoms with Gasteiger partial charge in [0.25, 0.3) is 0 Å². The van der Waals surface area contributed by atoms with Crippen LogP contribution in [0.25, 0.3) is 5.57 Å². The summed E-state index contributed by atoms with van der Waals surface area (Å²) in [6.45, 7) is 2.41. The molecule has 0 aliphatic heterocycles. The van der Waals surface area contributed by atoms with Gasteiger partial charge in [-0.3, -0.25) is 0 Å². The first kappa shape index (κ1) is 10.9. The van der Waals surface area contributed by atoms with E-state index in [1.807, 2.05) is 13.0 Å². The van der Waals surface area contributed by atoms with Crippen LogP contribution in [-0.2, 0) is 0 Å². The number of halogens is 2. The van der Waals surface area contributed by atoms with Crippen molar-refractivity contribution in [1.82, 2.24) is 0 Å². The van der Waals surface area contributed by atoms with Crippen molar-refractivity contribution in [3.8, 4) is 0 Å². The molecule has 0 atom stereocenters. The lowest BCUT2D eigenvalue weighted by Gasteiger charge is -2.02. The van der Waals surface area contributed by atoms with Gasteiger partial charge in [0.05, 0.1) is 0 Å². The van der Waals surface area contributed by atoms with Crippen LogP contribution in [0.1, 0.15) is 18.9 Å². The quantitative estimate of drug-likeness (QED) is 0.792. The molecule has 0 aliphatic carbocycles. The van der Waals surface area contributed by atoms with Crippen molar-refractivity contribution in [2.75, 3.05) is 6.54 Å². The summed E-state index contributed by atoms with van der Waals surface area (Å²) in [5.74, 6) is -1.64. The van der Waals surface area contributed by atoms with E-state index in [4.69, 9.17) is 5.73 Å². The average Bonchev–Trinajstić information content (AvgIpc) is 2.18. The maximum absolute atomic E-state index is 12.8. The molecule has 1 nitrogen and oxygen atoms in total. The lowest BCUT2D eigenvalue weighted by Crippen LogP contribution is -1.96. The van der Waals surface area contributed by atoms with Gasteiger partial charge in [0.2, 0.25) is 0 Å². The first-order chi connectivity index (χ1) is 6.65. The standard InChI is InChI=1S/C11H13F2N/c1-8(3-2-6-14)9-4-5-10(12)11(13)7-9/h3-5,7H,2,6,14H2,1H3/b8-3+. The van der Waals surface area contributed by atoms with Crippen LogP contribution in [0, 0.1) is 11.6 Å². The zero-order valence-electron chi connectivity index (χ0n) is 8.06. The van der Waals surface area contributed by atoms with Crippen molar-refractivity contribution in [1.29, 1.82) is 0 Å². The van der Waals surface area contributed by atoms with Crippen LogP contribution in [0.2, 0.25) is 0 Å². The van der Waals surface area contributed by atoms with Crippen LogP contribution < -0.4 is 5.73 Å². The van der Waals surface area contributed by atoms with Crippen LogP contribution in [0.3, 0.4) is 0 Å². The fraction of sp³-hybridized carbons (Fsp3) is 0.273. The molecule has 76 valence electrons. The second-order valence-electron chi connectivity index (χ2n) is 3.09. The van der Waals surface area contributed by atoms with Crippen molar-refractivity contribution in [2.45, 2.75) is 13.3 Å². The highest BCUT2D eigenvalue weighted by Crippen LogP contribution is 2.17. The number of benzene rings is 1. The topological polar surface area (TPSA) is 26.0 Å².